The summed E-state index contributed by atoms with van der Waals surface area (Å²) in [5.74, 6) is 0. The van der Waals surface area contributed by atoms with Crippen molar-refractivity contribution in [1.29, 1.82) is 0 Å². The molecule has 0 bridgehead atoms. The Kier molecular flexibility index (Phi) is 1.60. The van der Waals surface area contributed by atoms with Gasteiger partial charge in [0, 0.05) is 0 Å². The normalized spacial score (nSPS) is 15.7. The summed E-state index contributed by atoms with van der Waals surface area (Å²) in [6.07, 6.45) is 6.23. The van der Waals surface area contributed by atoms with Gasteiger partial charge in [0.15, 0.2) is 0 Å². The summed E-state index contributed by atoms with van der Waals surface area (Å²) in [4.78, 5) is 0. The fraction of sp³-hybridized carbons (Fsp3) is 0. The molecule has 0 unspecified atom stereocenters. The van der Waals surface area contributed by atoms with Gasteiger partial charge in [-0.15, -0.1) is 0 Å². The van der Waals surface area contributed by atoms with Crippen molar-refractivity contribution in [1.82, 2.24) is 0 Å². The average molecular weight is 148 g/mol. The van der Waals surface area contributed by atoms with Gasteiger partial charge in [-0.3, -0.25) is 0 Å². The molecule has 7 heavy (non-hydrogen) atoms. The van der Waals surface area contributed by atoms with Crippen LogP contribution in [-0.2, 0) is 0 Å². The Balaban J connectivity index is 2.61. The van der Waals surface area contributed by atoms with Crippen LogP contribution in [0.5, 0.6) is 0 Å². The van der Waals surface area contributed by atoms with Crippen LogP contribution in [0.4, 0.5) is 0 Å². The molecule has 0 atom stereocenters. The average Bonchev–Trinajstić information content (AvgIpc) is 2.14. The third kappa shape index (κ3) is 1.11. The minimum absolute atomic E-state index is 0.112. The van der Waals surface area contributed by atoms with Crippen LogP contribution < -0.4 is 0 Å². The Morgan fingerprint density at radius 3 is 2.86 bits per heavy atom. The first-order valence-corrected chi connectivity index (χ1v) is 4.88. The van der Waals surface area contributed by atoms with E-state index in [2.05, 4.69) is 23.4 Å². The van der Waals surface area contributed by atoms with Gasteiger partial charge in [0.25, 0.3) is 0 Å². The van der Waals surface area contributed by atoms with E-state index >= 15 is 0 Å². The van der Waals surface area contributed by atoms with E-state index in [1.165, 1.54) is 4.13 Å². The van der Waals surface area contributed by atoms with Crippen molar-refractivity contribution in [3.63, 3.8) is 0 Å². The second-order valence-electron chi connectivity index (χ2n) is 1.42. The first-order chi connectivity index (χ1) is 3.43. The first kappa shape index (κ1) is 5.00. The molecule has 33 valence electrons. The van der Waals surface area contributed by atoms with Crippen molar-refractivity contribution in [2.45, 2.75) is 0 Å². The van der Waals surface area contributed by atoms with E-state index in [0.29, 0.717) is 0 Å². The SMILES string of the molecule is C=C[C]1=CC=[CH][Ga]1. The standard InChI is InChI=1S/C6H6.Ga/c1-3-5-6-4-2;/h1,3-5H,2H2;. The summed E-state index contributed by atoms with van der Waals surface area (Å²) in [5, 5.41) is 0. The van der Waals surface area contributed by atoms with Crippen LogP contribution in [0.1, 0.15) is 0 Å². The van der Waals surface area contributed by atoms with E-state index in [4.69, 9.17) is 0 Å². The van der Waals surface area contributed by atoms with Crippen molar-refractivity contribution in [2.24, 2.45) is 0 Å². The topological polar surface area (TPSA) is 0 Å². The second kappa shape index (κ2) is 2.24. The third-order valence-electron chi connectivity index (χ3n) is 0.924. The second-order valence-corrected chi connectivity index (χ2v) is 4.33. The molecule has 1 radical (unpaired) electrons. The van der Waals surface area contributed by atoms with Gasteiger partial charge in [-0.2, -0.15) is 0 Å². The van der Waals surface area contributed by atoms with Crippen molar-refractivity contribution < 1.29 is 0 Å². The fourth-order valence-corrected chi connectivity index (χ4v) is 2.21. The van der Waals surface area contributed by atoms with Crippen LogP contribution in [0.3, 0.4) is 0 Å². The first-order valence-electron chi connectivity index (χ1n) is 2.27. The number of hydrogen-bond acceptors (Lipinski definition) is 0. The van der Waals surface area contributed by atoms with E-state index in [1.54, 1.807) is 0 Å². The molecule has 0 saturated heterocycles. The Morgan fingerprint density at radius 1 is 1.71 bits per heavy atom. The molecule has 1 aliphatic heterocycles. The van der Waals surface area contributed by atoms with Gasteiger partial charge < -0.3 is 0 Å². The van der Waals surface area contributed by atoms with E-state index in [0.717, 1.165) is 0 Å². The quantitative estimate of drug-likeness (QED) is 0.491. The van der Waals surface area contributed by atoms with Crippen LogP contribution >= 0.6 is 0 Å². The van der Waals surface area contributed by atoms with Gasteiger partial charge in [-0.1, -0.05) is 0 Å². The molecule has 0 spiro atoms. The van der Waals surface area contributed by atoms with Gasteiger partial charge in [0.1, 0.15) is 0 Å². The van der Waals surface area contributed by atoms with Crippen LogP contribution in [0.2, 0.25) is 0 Å². The zero-order chi connectivity index (χ0) is 5.11. The molecule has 0 aromatic rings. The van der Waals surface area contributed by atoms with Crippen LogP contribution in [0.15, 0.2) is 33.6 Å². The summed E-state index contributed by atoms with van der Waals surface area (Å²) in [6.45, 7) is 3.67. The number of hydrogen-bond donors (Lipinski definition) is 0. The van der Waals surface area contributed by atoms with Gasteiger partial charge in [0.2, 0.25) is 0 Å². The summed E-state index contributed by atoms with van der Waals surface area (Å²) in [6, 6.07) is 0. The molecule has 0 aromatic heterocycles. The molecule has 0 aromatic carbocycles. The van der Waals surface area contributed by atoms with Crippen LogP contribution in [0.25, 0.3) is 0 Å². The van der Waals surface area contributed by atoms with E-state index < -0.39 is 0 Å². The fourth-order valence-electron chi connectivity index (χ4n) is 0.525. The monoisotopic (exact) mass is 147 g/mol. The Hall–Kier alpha value is -0.144. The molecular weight excluding hydrogens is 142 g/mol. The Morgan fingerprint density at radius 2 is 2.57 bits per heavy atom. The molecular formula is C6H6Ga. The minimum atomic E-state index is -0.112. The number of rotatable bonds is 1. The molecule has 1 heteroatoms. The van der Waals surface area contributed by atoms with Crippen molar-refractivity contribution in [3.8, 4) is 0 Å². The molecule has 0 aliphatic carbocycles. The van der Waals surface area contributed by atoms with Crippen LogP contribution in [-0.4, -0.2) is 17.4 Å². The van der Waals surface area contributed by atoms with E-state index in [9.17, 15) is 0 Å². The molecule has 0 nitrogen and oxygen atoms in total. The maximum atomic E-state index is 3.67. The maximum absolute atomic E-state index is 3.67. The predicted molar refractivity (Wildman–Crippen MR) is 33.2 cm³/mol. The van der Waals surface area contributed by atoms with E-state index in [1.807, 2.05) is 6.08 Å². The number of allylic oxidation sites excluding steroid dienone is 4. The zero-order valence-electron chi connectivity index (χ0n) is 4.09. The molecule has 0 N–H and O–H groups in total. The molecule has 1 aliphatic rings. The summed E-state index contributed by atoms with van der Waals surface area (Å²) < 4.78 is 3.75. The predicted octanol–water partition coefficient (Wildman–Crippen LogP) is 1.29. The summed E-state index contributed by atoms with van der Waals surface area (Å²) in [7, 11) is 0. The molecule has 1 heterocycles. The molecule has 0 fully saturated rings. The summed E-state index contributed by atoms with van der Waals surface area (Å²) in [5.41, 5.74) is 0. The van der Waals surface area contributed by atoms with Gasteiger partial charge in [-0.05, 0) is 0 Å². The van der Waals surface area contributed by atoms with Gasteiger partial charge in [-0.25, -0.2) is 0 Å². The molecule has 1 rings (SSSR count). The Labute approximate surface area is 51.4 Å². The van der Waals surface area contributed by atoms with Crippen LogP contribution in [0, 0.1) is 0 Å². The molecule has 0 amide bonds. The van der Waals surface area contributed by atoms with Gasteiger partial charge in [0.05, 0.1) is 0 Å². The van der Waals surface area contributed by atoms with Crippen molar-refractivity contribution in [2.75, 3.05) is 0 Å². The van der Waals surface area contributed by atoms with Crippen molar-refractivity contribution in [3.05, 3.63) is 33.6 Å². The summed E-state index contributed by atoms with van der Waals surface area (Å²) >= 11 is -0.112. The van der Waals surface area contributed by atoms with Crippen molar-refractivity contribution >= 4 is 17.4 Å². The van der Waals surface area contributed by atoms with Gasteiger partial charge >= 0.3 is 51.0 Å². The molecule has 0 saturated carbocycles. The van der Waals surface area contributed by atoms with E-state index in [-0.39, 0.29) is 17.4 Å². The third-order valence-corrected chi connectivity index (χ3v) is 3.50. The zero-order valence-corrected chi connectivity index (χ0v) is 6.52. The Bertz CT molecular complexity index is 131.